The summed E-state index contributed by atoms with van der Waals surface area (Å²) in [6, 6.07) is 6.82. The van der Waals surface area contributed by atoms with Crippen molar-refractivity contribution in [2.24, 2.45) is 5.73 Å². The molecule has 0 spiro atoms. The largest absolute Gasteiger partial charge is 0.334 e. The normalized spacial score (nSPS) is 18.7. The van der Waals surface area contributed by atoms with Gasteiger partial charge in [-0.1, -0.05) is 12.1 Å². The summed E-state index contributed by atoms with van der Waals surface area (Å²) in [5, 5.41) is 0. The molecule has 3 heteroatoms. The van der Waals surface area contributed by atoms with Crippen LogP contribution >= 0.6 is 0 Å². The fourth-order valence-corrected chi connectivity index (χ4v) is 2.60. The van der Waals surface area contributed by atoms with Gasteiger partial charge in [-0.3, -0.25) is 0 Å². The maximum atomic E-state index is 6.07. The molecule has 0 bridgehead atoms. The molecule has 0 saturated carbocycles. The lowest BCUT2D eigenvalue weighted by atomic mass is 9.98. The van der Waals surface area contributed by atoms with Crippen molar-refractivity contribution >= 4 is 0 Å². The average molecular weight is 241 g/mol. The Kier molecular flexibility index (Phi) is 2.71. The molecule has 1 aromatic heterocycles. The predicted molar refractivity (Wildman–Crippen MR) is 73.4 cm³/mol. The fourth-order valence-electron chi connectivity index (χ4n) is 2.60. The molecule has 0 amide bonds. The molecular formula is C15H19N3. The topological polar surface area (TPSA) is 43.8 Å². The Hall–Kier alpha value is -1.61. The Morgan fingerprint density at radius 3 is 2.89 bits per heavy atom. The van der Waals surface area contributed by atoms with Gasteiger partial charge in [0.15, 0.2) is 0 Å². The van der Waals surface area contributed by atoms with Gasteiger partial charge in [-0.25, -0.2) is 4.98 Å². The van der Waals surface area contributed by atoms with E-state index in [-0.39, 0.29) is 6.04 Å². The summed E-state index contributed by atoms with van der Waals surface area (Å²) in [6.45, 7) is 5.28. The molecule has 2 N–H and O–H groups in total. The number of benzene rings is 1. The van der Waals surface area contributed by atoms with E-state index in [1.807, 2.05) is 6.33 Å². The van der Waals surface area contributed by atoms with Gasteiger partial charge in [0, 0.05) is 30.3 Å². The van der Waals surface area contributed by atoms with E-state index in [1.54, 1.807) is 0 Å². The first-order chi connectivity index (χ1) is 8.65. The van der Waals surface area contributed by atoms with Crippen LogP contribution in [0.2, 0.25) is 0 Å². The second kappa shape index (κ2) is 4.25. The number of hydrogen-bond donors (Lipinski definition) is 1. The minimum absolute atomic E-state index is 0.277. The minimum Gasteiger partial charge on any atom is -0.334 e. The lowest BCUT2D eigenvalue weighted by Gasteiger charge is -2.21. The number of hydrogen-bond acceptors (Lipinski definition) is 2. The first-order valence-corrected chi connectivity index (χ1v) is 6.52. The quantitative estimate of drug-likeness (QED) is 0.833. The maximum absolute atomic E-state index is 6.07. The highest BCUT2D eigenvalue weighted by Crippen LogP contribution is 2.27. The second-order valence-corrected chi connectivity index (χ2v) is 5.29. The van der Waals surface area contributed by atoms with Gasteiger partial charge < -0.3 is 10.3 Å². The summed E-state index contributed by atoms with van der Waals surface area (Å²) in [5.41, 5.74) is 12.3. The van der Waals surface area contributed by atoms with Crippen molar-refractivity contribution in [3.8, 4) is 11.3 Å². The van der Waals surface area contributed by atoms with E-state index < -0.39 is 0 Å². The predicted octanol–water partition coefficient (Wildman–Crippen LogP) is 2.44. The second-order valence-electron chi connectivity index (χ2n) is 5.29. The monoisotopic (exact) mass is 241 g/mol. The standard InChI is InChI=1S/C15H19N3/c1-10-3-4-12(7-11(10)2)15-14-8-13(16)5-6-18(14)9-17-15/h3-4,7,9,13H,5-6,8,16H2,1-2H3. The molecule has 0 fully saturated rings. The number of rotatable bonds is 1. The highest BCUT2D eigenvalue weighted by Gasteiger charge is 2.20. The van der Waals surface area contributed by atoms with Crippen LogP contribution in [0.4, 0.5) is 0 Å². The average Bonchev–Trinajstić information content (AvgIpc) is 2.75. The van der Waals surface area contributed by atoms with Crippen LogP contribution in [0.5, 0.6) is 0 Å². The van der Waals surface area contributed by atoms with Crippen LogP contribution in [0.3, 0.4) is 0 Å². The van der Waals surface area contributed by atoms with Gasteiger partial charge >= 0.3 is 0 Å². The van der Waals surface area contributed by atoms with Crippen LogP contribution in [-0.2, 0) is 13.0 Å². The van der Waals surface area contributed by atoms with Crippen molar-refractivity contribution in [3.05, 3.63) is 41.3 Å². The van der Waals surface area contributed by atoms with Crippen LogP contribution in [0, 0.1) is 13.8 Å². The molecule has 1 unspecified atom stereocenters. The van der Waals surface area contributed by atoms with Crippen molar-refractivity contribution in [2.45, 2.75) is 39.3 Å². The van der Waals surface area contributed by atoms with Gasteiger partial charge in [0.05, 0.1) is 12.0 Å². The van der Waals surface area contributed by atoms with Crippen molar-refractivity contribution < 1.29 is 0 Å². The summed E-state index contributed by atoms with van der Waals surface area (Å²) in [6.07, 6.45) is 3.93. The van der Waals surface area contributed by atoms with Crippen molar-refractivity contribution in [1.82, 2.24) is 9.55 Å². The van der Waals surface area contributed by atoms with Crippen molar-refractivity contribution in [1.29, 1.82) is 0 Å². The lowest BCUT2D eigenvalue weighted by Crippen LogP contribution is -2.30. The van der Waals surface area contributed by atoms with Crippen LogP contribution in [0.15, 0.2) is 24.5 Å². The summed E-state index contributed by atoms with van der Waals surface area (Å²) >= 11 is 0. The Bertz CT molecular complexity index is 583. The fraction of sp³-hybridized carbons (Fsp3) is 0.400. The molecule has 3 nitrogen and oxygen atoms in total. The minimum atomic E-state index is 0.277. The van der Waals surface area contributed by atoms with Crippen molar-refractivity contribution in [2.75, 3.05) is 0 Å². The van der Waals surface area contributed by atoms with E-state index in [1.165, 1.54) is 22.4 Å². The molecule has 0 aliphatic carbocycles. The number of imidazole rings is 1. The molecule has 1 aliphatic rings. The molecule has 1 aromatic carbocycles. The molecule has 0 saturated heterocycles. The molecular weight excluding hydrogens is 222 g/mol. The van der Waals surface area contributed by atoms with E-state index in [0.717, 1.165) is 25.1 Å². The maximum Gasteiger partial charge on any atom is 0.0956 e. The molecule has 1 atom stereocenters. The molecule has 18 heavy (non-hydrogen) atoms. The first-order valence-electron chi connectivity index (χ1n) is 6.52. The van der Waals surface area contributed by atoms with E-state index >= 15 is 0 Å². The zero-order valence-electron chi connectivity index (χ0n) is 11.0. The third-order valence-electron chi connectivity index (χ3n) is 3.92. The number of nitrogens with two attached hydrogens (primary N) is 1. The zero-order chi connectivity index (χ0) is 12.7. The van der Waals surface area contributed by atoms with Gasteiger partial charge in [0.2, 0.25) is 0 Å². The Morgan fingerprint density at radius 2 is 2.11 bits per heavy atom. The van der Waals surface area contributed by atoms with Gasteiger partial charge in [0.1, 0.15) is 0 Å². The smallest absolute Gasteiger partial charge is 0.0956 e. The van der Waals surface area contributed by atoms with Crippen LogP contribution in [0.1, 0.15) is 23.2 Å². The number of aromatic nitrogens is 2. The number of aryl methyl sites for hydroxylation is 3. The molecule has 2 aromatic rings. The zero-order valence-corrected chi connectivity index (χ0v) is 11.0. The lowest BCUT2D eigenvalue weighted by molar-refractivity contribution is 0.472. The summed E-state index contributed by atoms with van der Waals surface area (Å²) in [5.74, 6) is 0. The SMILES string of the molecule is Cc1ccc(-c2ncn3c2CC(N)CC3)cc1C. The van der Waals surface area contributed by atoms with Gasteiger partial charge in [-0.05, 0) is 37.5 Å². The first kappa shape index (κ1) is 11.5. The third-order valence-corrected chi connectivity index (χ3v) is 3.92. The Labute approximate surface area is 108 Å². The van der Waals surface area contributed by atoms with E-state index in [0.29, 0.717) is 0 Å². The molecule has 2 heterocycles. The van der Waals surface area contributed by atoms with Gasteiger partial charge in [-0.2, -0.15) is 0 Å². The van der Waals surface area contributed by atoms with Gasteiger partial charge in [-0.15, -0.1) is 0 Å². The molecule has 94 valence electrons. The molecule has 3 rings (SSSR count). The number of fused-ring (bicyclic) bond motifs is 1. The molecule has 0 radical (unpaired) electrons. The van der Waals surface area contributed by atoms with Crippen LogP contribution in [-0.4, -0.2) is 15.6 Å². The van der Waals surface area contributed by atoms with E-state index in [2.05, 4.69) is 41.6 Å². The Morgan fingerprint density at radius 1 is 1.28 bits per heavy atom. The highest BCUT2D eigenvalue weighted by atomic mass is 15.1. The van der Waals surface area contributed by atoms with Gasteiger partial charge in [0.25, 0.3) is 0 Å². The summed E-state index contributed by atoms with van der Waals surface area (Å²) in [4.78, 5) is 4.58. The highest BCUT2D eigenvalue weighted by molar-refractivity contribution is 5.64. The van der Waals surface area contributed by atoms with E-state index in [9.17, 15) is 0 Å². The van der Waals surface area contributed by atoms with Crippen LogP contribution < -0.4 is 5.73 Å². The van der Waals surface area contributed by atoms with E-state index in [4.69, 9.17) is 5.73 Å². The number of nitrogens with zero attached hydrogens (tertiary/aromatic N) is 2. The Balaban J connectivity index is 2.07. The summed E-state index contributed by atoms with van der Waals surface area (Å²) < 4.78 is 2.24. The van der Waals surface area contributed by atoms with Crippen LogP contribution in [0.25, 0.3) is 11.3 Å². The van der Waals surface area contributed by atoms with Crippen molar-refractivity contribution in [3.63, 3.8) is 0 Å². The molecule has 1 aliphatic heterocycles. The summed E-state index contributed by atoms with van der Waals surface area (Å²) in [7, 11) is 0. The third kappa shape index (κ3) is 1.85.